The first-order valence-electron chi connectivity index (χ1n) is 30.3. The summed E-state index contributed by atoms with van der Waals surface area (Å²) in [6.07, 6.45) is 0. The van der Waals surface area contributed by atoms with Gasteiger partial charge in [-0.2, -0.15) is 0 Å². The maximum absolute atomic E-state index is 7.58. The summed E-state index contributed by atoms with van der Waals surface area (Å²) >= 11 is 0. The van der Waals surface area contributed by atoms with Crippen molar-refractivity contribution in [2.45, 2.75) is 0 Å². The third-order valence-electron chi connectivity index (χ3n) is 17.6. The first-order chi connectivity index (χ1) is 44.6. The van der Waals surface area contributed by atoms with Crippen molar-refractivity contribution in [2.75, 3.05) is 19.6 Å². The fourth-order valence-corrected chi connectivity index (χ4v) is 13.5. The number of furan rings is 2. The van der Waals surface area contributed by atoms with Gasteiger partial charge in [0.2, 0.25) is 0 Å². The summed E-state index contributed by atoms with van der Waals surface area (Å²) < 4.78 is 28.6. The van der Waals surface area contributed by atoms with Gasteiger partial charge in [0, 0.05) is 67.8 Å². The Bertz CT molecular complexity index is 5010. The van der Waals surface area contributed by atoms with Crippen molar-refractivity contribution >= 4 is 123 Å². The molecule has 0 amide bonds. The van der Waals surface area contributed by atoms with E-state index >= 15 is 0 Å². The van der Waals surface area contributed by atoms with Gasteiger partial charge in [-0.15, -0.1) is 0 Å². The lowest BCUT2D eigenvalue weighted by atomic mass is 9.95. The molecule has 8 heteroatoms. The van der Waals surface area contributed by atoms with Crippen molar-refractivity contribution in [3.05, 3.63) is 315 Å². The minimum atomic E-state index is 0.722. The minimum absolute atomic E-state index is 0.722. The van der Waals surface area contributed by atoms with E-state index in [-0.39, 0.29) is 0 Å². The molecule has 0 N–H and O–H groups in total. The second-order valence-electron chi connectivity index (χ2n) is 22.8. The first-order valence-corrected chi connectivity index (χ1v) is 30.3. The Hall–Kier alpha value is -12.3. The van der Waals surface area contributed by atoms with E-state index in [0.29, 0.717) is 0 Å². The van der Waals surface area contributed by atoms with Crippen LogP contribution in [-0.2, 0) is 0 Å². The van der Waals surface area contributed by atoms with Crippen molar-refractivity contribution < 1.29 is 18.3 Å². The summed E-state index contributed by atoms with van der Waals surface area (Å²) in [6, 6.07) is 111. The van der Waals surface area contributed by atoms with E-state index in [1.165, 1.54) is 11.1 Å². The van der Waals surface area contributed by atoms with Crippen LogP contribution in [0.15, 0.2) is 324 Å². The van der Waals surface area contributed by atoms with Gasteiger partial charge in [0.25, 0.3) is 0 Å². The van der Waals surface area contributed by atoms with E-state index in [4.69, 9.17) is 18.3 Å². The highest BCUT2D eigenvalue weighted by molar-refractivity contribution is 6.33. The number of benzene rings is 14. The van der Waals surface area contributed by atoms with Crippen molar-refractivity contribution in [3.63, 3.8) is 0 Å². The van der Waals surface area contributed by atoms with Gasteiger partial charge in [-0.3, -0.25) is 9.80 Å². The molecular weight excluding hydrogens is 1100 g/mol. The van der Waals surface area contributed by atoms with Crippen LogP contribution in [0.4, 0.5) is 68.2 Å². The number of fused-ring (bicyclic) bond motifs is 13. The molecule has 424 valence electrons. The van der Waals surface area contributed by atoms with E-state index in [1.807, 2.05) is 48.5 Å². The molecule has 0 spiro atoms. The normalized spacial score (nSPS) is 12.4. The van der Waals surface area contributed by atoms with E-state index in [9.17, 15) is 0 Å². The van der Waals surface area contributed by atoms with Crippen LogP contribution < -0.4 is 29.1 Å². The van der Waals surface area contributed by atoms with Gasteiger partial charge in [-0.05, 0) is 166 Å². The first kappa shape index (κ1) is 51.0. The van der Waals surface area contributed by atoms with Gasteiger partial charge in [-0.1, -0.05) is 170 Å². The van der Waals surface area contributed by atoms with Crippen LogP contribution in [0.3, 0.4) is 0 Å². The van der Waals surface area contributed by atoms with Gasteiger partial charge in [0.05, 0.1) is 34.1 Å². The maximum Gasteiger partial charge on any atom is 0.160 e. The Balaban J connectivity index is 0.922. The zero-order valence-electron chi connectivity index (χ0n) is 48.4. The Morgan fingerprint density at radius 2 is 0.511 bits per heavy atom. The smallest absolute Gasteiger partial charge is 0.160 e. The molecule has 4 heterocycles. The van der Waals surface area contributed by atoms with Crippen LogP contribution in [0.25, 0.3) is 76.9 Å². The van der Waals surface area contributed by atoms with Crippen LogP contribution in [0, 0.1) is 0 Å². The fourth-order valence-electron chi connectivity index (χ4n) is 13.5. The summed E-state index contributed by atoms with van der Waals surface area (Å²) in [5.41, 5.74) is 18.8. The molecule has 2 aliphatic rings. The topological polar surface area (TPSA) is 57.7 Å². The van der Waals surface area contributed by atoms with Crippen LogP contribution in [-0.4, -0.2) is 0 Å². The molecule has 0 saturated heterocycles. The number of rotatable bonds is 10. The molecule has 90 heavy (non-hydrogen) atoms. The Morgan fingerprint density at radius 1 is 0.222 bits per heavy atom. The molecule has 0 fully saturated rings. The highest BCUT2D eigenvalue weighted by Gasteiger charge is 2.34. The molecule has 18 rings (SSSR count). The van der Waals surface area contributed by atoms with Crippen LogP contribution in [0.2, 0.25) is 0 Å². The average molecular weight is 1160 g/mol. The van der Waals surface area contributed by atoms with Crippen molar-refractivity contribution in [3.8, 4) is 45.3 Å². The lowest BCUT2D eigenvalue weighted by Gasteiger charge is -2.33. The highest BCUT2D eigenvalue weighted by Crippen LogP contribution is 2.58. The molecule has 2 aromatic heterocycles. The molecule has 0 unspecified atom stereocenters. The summed E-state index contributed by atoms with van der Waals surface area (Å²) in [5.74, 6) is 2.96. The second kappa shape index (κ2) is 20.7. The fraction of sp³-hybridized carbons (Fsp3) is 0. The molecule has 16 aromatic rings. The van der Waals surface area contributed by atoms with Gasteiger partial charge >= 0.3 is 0 Å². The number of hydrogen-bond acceptors (Lipinski definition) is 8. The average Bonchev–Trinajstić information content (AvgIpc) is 1.46. The summed E-state index contributed by atoms with van der Waals surface area (Å²) in [4.78, 5) is 9.21. The Morgan fingerprint density at radius 3 is 0.867 bits per heavy atom. The standard InChI is InChI=1S/C82H52N4O4/c1-5-21-53(22-6-1)55-37-41-59(42-38-55)83(57-25-9-3-10-26-57)61-45-47-63-77(49-61)89-81-71(85-67-29-13-17-33-73(67)87-74-34-18-14-30-68(74)85)52-66-65(79(63)81)51-72(86-69-31-15-19-35-75(69)88-76-36-20-16-32-70(76)86)82-80(66)64-48-46-62(50-78(64)90-82)84(58-27-11-4-12-28-58)60-43-39-56(40-44-60)54-23-7-2-8-24-54/h1-52H. The molecule has 0 saturated carbocycles. The number of ether oxygens (including phenoxy) is 2. The second-order valence-corrected chi connectivity index (χ2v) is 22.8. The van der Waals surface area contributed by atoms with Crippen LogP contribution in [0.1, 0.15) is 0 Å². The summed E-state index contributed by atoms with van der Waals surface area (Å²) in [7, 11) is 0. The van der Waals surface area contributed by atoms with E-state index < -0.39 is 0 Å². The molecule has 2 aliphatic heterocycles. The monoisotopic (exact) mass is 1160 g/mol. The van der Waals surface area contributed by atoms with Gasteiger partial charge < -0.3 is 28.1 Å². The van der Waals surface area contributed by atoms with Gasteiger partial charge in [0.1, 0.15) is 11.2 Å². The molecule has 0 radical (unpaired) electrons. The SMILES string of the molecule is c1ccc(-c2ccc(N(c3ccccc3)c3ccc4c(c3)oc3c(N5c6ccccc6Oc6ccccc65)cc5c(cc(N6c7ccccc7Oc7ccccc76)c6oc7cc(N(c8ccccc8)c8ccc(-c9ccccc9)cc8)ccc7c65)c34)cc2)cc1. The molecule has 8 nitrogen and oxygen atoms in total. The molecule has 14 aromatic carbocycles. The van der Waals surface area contributed by atoms with Crippen LogP contribution >= 0.6 is 0 Å². The van der Waals surface area contributed by atoms with E-state index in [2.05, 4.69) is 287 Å². The van der Waals surface area contributed by atoms with E-state index in [1.54, 1.807) is 0 Å². The Kier molecular flexibility index (Phi) is 11.7. The van der Waals surface area contributed by atoms with Crippen molar-refractivity contribution in [1.82, 2.24) is 0 Å². The summed E-state index contributed by atoms with van der Waals surface area (Å²) in [6.45, 7) is 0. The van der Waals surface area contributed by atoms with Crippen LogP contribution in [0.5, 0.6) is 23.0 Å². The van der Waals surface area contributed by atoms with Crippen molar-refractivity contribution in [2.24, 2.45) is 0 Å². The number of nitrogens with zero attached hydrogens (tertiary/aromatic N) is 4. The zero-order chi connectivity index (χ0) is 59.2. The van der Waals surface area contributed by atoms with E-state index in [0.717, 1.165) is 157 Å². The lowest BCUT2D eigenvalue weighted by Crippen LogP contribution is -2.16. The molecule has 0 bridgehead atoms. The molecule has 0 atom stereocenters. The largest absolute Gasteiger partial charge is 0.454 e. The predicted molar refractivity (Wildman–Crippen MR) is 368 cm³/mol. The maximum atomic E-state index is 7.58. The number of anilines is 12. The Labute approximate surface area is 518 Å². The molecular formula is C82H52N4O4. The predicted octanol–water partition coefficient (Wildman–Crippen LogP) is 24.1. The highest BCUT2D eigenvalue weighted by atomic mass is 16.5. The van der Waals surface area contributed by atoms with Gasteiger partial charge in [-0.25, -0.2) is 0 Å². The van der Waals surface area contributed by atoms with Crippen molar-refractivity contribution in [1.29, 1.82) is 0 Å². The number of hydrogen-bond donors (Lipinski definition) is 0. The lowest BCUT2D eigenvalue weighted by molar-refractivity contribution is 0.476. The third kappa shape index (κ3) is 8.30. The summed E-state index contributed by atoms with van der Waals surface area (Å²) in [5, 5.41) is 5.83. The number of para-hydroxylation sites is 10. The minimum Gasteiger partial charge on any atom is -0.454 e. The third-order valence-corrected chi connectivity index (χ3v) is 17.6. The zero-order valence-corrected chi connectivity index (χ0v) is 48.4. The van der Waals surface area contributed by atoms with Gasteiger partial charge in [0.15, 0.2) is 34.2 Å². The quantitative estimate of drug-likeness (QED) is 0.134. The molecule has 0 aliphatic carbocycles.